The summed E-state index contributed by atoms with van der Waals surface area (Å²) < 4.78 is 5.48. The Balaban J connectivity index is 2.57. The Morgan fingerprint density at radius 1 is 1.54 bits per heavy atom. The molecule has 1 rings (SSSR count). The fraction of sp³-hybridized carbons (Fsp3) is 0.667. The standard InChI is InChI=1S/C9H12Cl2O2/c10-8(11)2-4-9(6-12)3-1-5-13-7-9/h2,6H,1,3-5,7H2. The lowest BCUT2D eigenvalue weighted by Gasteiger charge is -2.30. The second kappa shape index (κ2) is 4.99. The Kier molecular flexibility index (Phi) is 4.23. The van der Waals surface area contributed by atoms with Crippen LogP contribution in [0.3, 0.4) is 0 Å². The van der Waals surface area contributed by atoms with E-state index in [-0.39, 0.29) is 4.49 Å². The summed E-state index contributed by atoms with van der Waals surface area (Å²) in [5.74, 6) is 0. The maximum atomic E-state index is 10.9. The van der Waals surface area contributed by atoms with Crippen LogP contribution in [0.1, 0.15) is 19.3 Å². The van der Waals surface area contributed by atoms with Crippen molar-refractivity contribution in [2.75, 3.05) is 13.2 Å². The van der Waals surface area contributed by atoms with Crippen molar-refractivity contribution >= 4 is 29.5 Å². The zero-order valence-corrected chi connectivity index (χ0v) is 8.77. The molecule has 0 aromatic carbocycles. The molecule has 0 spiro atoms. The van der Waals surface area contributed by atoms with E-state index in [0.717, 1.165) is 25.7 Å². The van der Waals surface area contributed by atoms with Crippen LogP contribution in [-0.4, -0.2) is 19.5 Å². The van der Waals surface area contributed by atoms with Gasteiger partial charge < -0.3 is 9.53 Å². The third-order valence-electron chi connectivity index (χ3n) is 2.27. The van der Waals surface area contributed by atoms with Crippen LogP contribution in [0.2, 0.25) is 0 Å². The predicted molar refractivity (Wildman–Crippen MR) is 53.0 cm³/mol. The fourth-order valence-corrected chi connectivity index (χ4v) is 1.61. The summed E-state index contributed by atoms with van der Waals surface area (Å²) in [6.07, 6.45) is 4.96. The SMILES string of the molecule is O=CC1(CC=C(Cl)Cl)CCCOC1. The Hall–Kier alpha value is -0.0500. The summed E-state index contributed by atoms with van der Waals surface area (Å²) in [5, 5.41) is 0. The van der Waals surface area contributed by atoms with Crippen LogP contribution in [0.15, 0.2) is 10.6 Å². The molecule has 4 heteroatoms. The van der Waals surface area contributed by atoms with Gasteiger partial charge in [-0.15, -0.1) is 0 Å². The quantitative estimate of drug-likeness (QED) is 0.687. The lowest BCUT2D eigenvalue weighted by molar-refractivity contribution is -0.123. The van der Waals surface area contributed by atoms with Gasteiger partial charge in [-0.2, -0.15) is 0 Å². The number of carbonyl (C=O) groups excluding carboxylic acids is 1. The summed E-state index contributed by atoms with van der Waals surface area (Å²) in [6, 6.07) is 0. The molecule has 74 valence electrons. The van der Waals surface area contributed by atoms with Crippen molar-refractivity contribution in [3.63, 3.8) is 0 Å². The molecule has 1 fully saturated rings. The summed E-state index contributed by atoms with van der Waals surface area (Å²) in [7, 11) is 0. The molecule has 13 heavy (non-hydrogen) atoms. The number of carbonyl (C=O) groups is 1. The number of allylic oxidation sites excluding steroid dienone is 1. The maximum Gasteiger partial charge on any atom is 0.128 e. The van der Waals surface area contributed by atoms with E-state index in [9.17, 15) is 4.79 Å². The molecule has 0 bridgehead atoms. The molecule has 0 aromatic heterocycles. The molecule has 1 saturated heterocycles. The van der Waals surface area contributed by atoms with Gasteiger partial charge in [0.15, 0.2) is 0 Å². The van der Waals surface area contributed by atoms with Crippen molar-refractivity contribution in [3.8, 4) is 0 Å². The first-order chi connectivity index (χ1) is 6.18. The van der Waals surface area contributed by atoms with Crippen LogP contribution in [0, 0.1) is 5.41 Å². The molecule has 1 atom stereocenters. The van der Waals surface area contributed by atoms with Crippen molar-refractivity contribution in [2.45, 2.75) is 19.3 Å². The highest BCUT2D eigenvalue weighted by Crippen LogP contribution is 2.31. The molecular formula is C9H12Cl2O2. The van der Waals surface area contributed by atoms with Gasteiger partial charge in [-0.1, -0.05) is 29.3 Å². The van der Waals surface area contributed by atoms with Gasteiger partial charge in [-0.05, 0) is 19.3 Å². The number of ether oxygens (including phenoxy) is 1. The van der Waals surface area contributed by atoms with E-state index in [1.165, 1.54) is 0 Å². The minimum absolute atomic E-state index is 0.215. The first-order valence-electron chi connectivity index (χ1n) is 4.24. The highest BCUT2D eigenvalue weighted by Gasteiger charge is 2.31. The third-order valence-corrected chi connectivity index (χ3v) is 2.57. The van der Waals surface area contributed by atoms with Crippen molar-refractivity contribution < 1.29 is 9.53 Å². The van der Waals surface area contributed by atoms with Gasteiger partial charge >= 0.3 is 0 Å². The van der Waals surface area contributed by atoms with E-state index in [4.69, 9.17) is 27.9 Å². The van der Waals surface area contributed by atoms with Crippen molar-refractivity contribution in [2.24, 2.45) is 5.41 Å². The molecule has 2 nitrogen and oxygen atoms in total. The third kappa shape index (κ3) is 3.29. The number of rotatable bonds is 3. The first kappa shape index (κ1) is 11.0. The molecule has 0 amide bonds. The summed E-state index contributed by atoms with van der Waals surface area (Å²) >= 11 is 11.0. The van der Waals surface area contributed by atoms with E-state index in [1.54, 1.807) is 6.08 Å². The Morgan fingerprint density at radius 3 is 2.77 bits per heavy atom. The maximum absolute atomic E-state index is 10.9. The number of halogens is 2. The van der Waals surface area contributed by atoms with Crippen LogP contribution in [0.25, 0.3) is 0 Å². The monoisotopic (exact) mass is 222 g/mol. The van der Waals surface area contributed by atoms with Crippen LogP contribution in [-0.2, 0) is 9.53 Å². The highest BCUT2D eigenvalue weighted by molar-refractivity contribution is 6.55. The Labute approximate surface area is 87.8 Å². The molecule has 1 heterocycles. The van der Waals surface area contributed by atoms with Crippen molar-refractivity contribution in [3.05, 3.63) is 10.6 Å². The molecule has 0 N–H and O–H groups in total. The topological polar surface area (TPSA) is 26.3 Å². The molecule has 0 aromatic rings. The van der Waals surface area contributed by atoms with Crippen LogP contribution in [0.5, 0.6) is 0 Å². The summed E-state index contributed by atoms with van der Waals surface area (Å²) in [6.45, 7) is 1.22. The van der Waals surface area contributed by atoms with Crippen LogP contribution < -0.4 is 0 Å². The zero-order chi connectivity index (χ0) is 9.73. The average molecular weight is 223 g/mol. The number of hydrogen-bond acceptors (Lipinski definition) is 2. The molecule has 1 aliphatic heterocycles. The Bertz CT molecular complexity index is 204. The second-order valence-electron chi connectivity index (χ2n) is 3.33. The Morgan fingerprint density at radius 2 is 2.31 bits per heavy atom. The van der Waals surface area contributed by atoms with Gasteiger partial charge in [0.2, 0.25) is 0 Å². The molecule has 1 aliphatic rings. The van der Waals surface area contributed by atoms with Gasteiger partial charge in [-0.3, -0.25) is 0 Å². The predicted octanol–water partition coefficient (Wildman–Crippen LogP) is 2.69. The number of hydrogen-bond donors (Lipinski definition) is 0. The zero-order valence-electron chi connectivity index (χ0n) is 7.26. The number of aldehydes is 1. The van der Waals surface area contributed by atoms with E-state index in [2.05, 4.69) is 0 Å². The van der Waals surface area contributed by atoms with E-state index >= 15 is 0 Å². The lowest BCUT2D eigenvalue weighted by Crippen LogP contribution is -2.32. The van der Waals surface area contributed by atoms with Gasteiger partial charge in [-0.25, -0.2) is 0 Å². The molecule has 1 unspecified atom stereocenters. The van der Waals surface area contributed by atoms with Crippen molar-refractivity contribution in [1.29, 1.82) is 0 Å². The first-order valence-corrected chi connectivity index (χ1v) is 4.99. The minimum atomic E-state index is -0.396. The fourth-order valence-electron chi connectivity index (χ4n) is 1.46. The highest BCUT2D eigenvalue weighted by atomic mass is 35.5. The normalized spacial score (nSPS) is 28.2. The van der Waals surface area contributed by atoms with E-state index in [0.29, 0.717) is 13.0 Å². The van der Waals surface area contributed by atoms with Gasteiger partial charge in [0.05, 0.1) is 12.0 Å². The average Bonchev–Trinajstić information content (AvgIpc) is 2.16. The van der Waals surface area contributed by atoms with E-state index in [1.807, 2.05) is 0 Å². The smallest absolute Gasteiger partial charge is 0.128 e. The molecule has 0 radical (unpaired) electrons. The lowest BCUT2D eigenvalue weighted by atomic mass is 9.81. The van der Waals surface area contributed by atoms with Gasteiger partial charge in [0.25, 0.3) is 0 Å². The summed E-state index contributed by atoms with van der Waals surface area (Å²) in [5.41, 5.74) is -0.396. The molecule has 0 saturated carbocycles. The van der Waals surface area contributed by atoms with Crippen LogP contribution >= 0.6 is 23.2 Å². The summed E-state index contributed by atoms with van der Waals surface area (Å²) in [4.78, 5) is 10.9. The van der Waals surface area contributed by atoms with E-state index < -0.39 is 5.41 Å². The van der Waals surface area contributed by atoms with Gasteiger partial charge in [0.1, 0.15) is 10.8 Å². The van der Waals surface area contributed by atoms with Gasteiger partial charge in [0, 0.05) is 6.61 Å². The largest absolute Gasteiger partial charge is 0.380 e. The van der Waals surface area contributed by atoms with Crippen molar-refractivity contribution in [1.82, 2.24) is 0 Å². The molecule has 0 aliphatic carbocycles. The second-order valence-corrected chi connectivity index (χ2v) is 4.34. The minimum Gasteiger partial charge on any atom is -0.380 e. The molecular weight excluding hydrogens is 211 g/mol. The van der Waals surface area contributed by atoms with Crippen LogP contribution in [0.4, 0.5) is 0 Å².